The number of hydrogen-bond acceptors (Lipinski definition) is 5. The lowest BCUT2D eigenvalue weighted by molar-refractivity contribution is 0.0495. The number of nitrogens with zero attached hydrogens (tertiary/aromatic N) is 3. The van der Waals surface area contributed by atoms with E-state index in [0.717, 1.165) is 13.0 Å². The van der Waals surface area contributed by atoms with Crippen LogP contribution in [0.4, 0.5) is 5.82 Å². The molecule has 1 amide bonds. The largest absolute Gasteiger partial charge is 0.379 e. The van der Waals surface area contributed by atoms with Crippen LogP contribution in [0.3, 0.4) is 0 Å². The van der Waals surface area contributed by atoms with Gasteiger partial charge in [0.05, 0.1) is 11.7 Å². The topological polar surface area (TPSA) is 81.3 Å². The first-order valence-corrected chi connectivity index (χ1v) is 6.51. The quantitative estimate of drug-likeness (QED) is 0.898. The van der Waals surface area contributed by atoms with Gasteiger partial charge in [-0.1, -0.05) is 18.5 Å². The molecule has 6 nitrogen and oxygen atoms in total. The van der Waals surface area contributed by atoms with Crippen LogP contribution in [-0.2, 0) is 4.74 Å². The average Bonchev–Trinajstić information content (AvgIpc) is 2.39. The minimum atomic E-state index is -0.556. The molecule has 1 aromatic rings. The molecule has 1 aliphatic rings. The van der Waals surface area contributed by atoms with Crippen molar-refractivity contribution in [2.45, 2.75) is 19.4 Å². The van der Waals surface area contributed by atoms with E-state index in [4.69, 9.17) is 22.1 Å². The highest BCUT2D eigenvalue weighted by Crippen LogP contribution is 2.26. The molecule has 1 aliphatic heterocycles. The van der Waals surface area contributed by atoms with Gasteiger partial charge in [-0.2, -0.15) is 0 Å². The highest BCUT2D eigenvalue weighted by molar-refractivity contribution is 6.29. The second kappa shape index (κ2) is 5.71. The van der Waals surface area contributed by atoms with Crippen LogP contribution in [0.5, 0.6) is 0 Å². The Labute approximate surface area is 116 Å². The van der Waals surface area contributed by atoms with Crippen molar-refractivity contribution in [2.75, 3.05) is 25.1 Å². The number of halogens is 1. The summed E-state index contributed by atoms with van der Waals surface area (Å²) in [7, 11) is 1.69. The molecule has 7 heteroatoms. The molecule has 0 aromatic carbocycles. The van der Waals surface area contributed by atoms with Crippen molar-refractivity contribution in [1.29, 1.82) is 0 Å². The lowest BCUT2D eigenvalue weighted by Gasteiger charge is -2.37. The lowest BCUT2D eigenvalue weighted by atomic mass is 9.95. The van der Waals surface area contributed by atoms with Crippen LogP contribution in [0.25, 0.3) is 0 Å². The molecule has 0 spiro atoms. The first-order chi connectivity index (χ1) is 9.02. The summed E-state index contributed by atoms with van der Waals surface area (Å²) in [5, 5.41) is 7.96. The summed E-state index contributed by atoms with van der Waals surface area (Å²) in [6.07, 6.45) is 1.06. The van der Waals surface area contributed by atoms with Gasteiger partial charge in [-0.05, 0) is 18.4 Å². The maximum Gasteiger partial charge on any atom is 0.252 e. The van der Waals surface area contributed by atoms with Gasteiger partial charge in [0.15, 0.2) is 11.0 Å². The number of piperidine rings is 1. The maximum atomic E-state index is 11.5. The molecule has 0 aliphatic carbocycles. The first-order valence-electron chi connectivity index (χ1n) is 6.13. The third kappa shape index (κ3) is 2.96. The van der Waals surface area contributed by atoms with Crippen molar-refractivity contribution >= 4 is 23.3 Å². The third-order valence-corrected chi connectivity index (χ3v) is 3.69. The summed E-state index contributed by atoms with van der Waals surface area (Å²) < 4.78 is 5.45. The molecule has 2 atom stereocenters. The molecule has 0 radical (unpaired) electrons. The molecule has 2 N–H and O–H groups in total. The predicted octanol–water partition coefficient (Wildman–Crippen LogP) is 1.09. The van der Waals surface area contributed by atoms with Crippen molar-refractivity contribution in [3.63, 3.8) is 0 Å². The molecule has 0 saturated carbocycles. The molecule has 1 fully saturated rings. The number of methoxy groups -OCH3 is 1. The zero-order chi connectivity index (χ0) is 14.0. The number of hydrogen-bond donors (Lipinski definition) is 1. The van der Waals surface area contributed by atoms with Gasteiger partial charge in [0.25, 0.3) is 5.91 Å². The summed E-state index contributed by atoms with van der Waals surface area (Å²) in [5.41, 5.74) is 5.66. The van der Waals surface area contributed by atoms with Crippen LogP contribution in [0.2, 0.25) is 5.15 Å². The van der Waals surface area contributed by atoms with E-state index in [-0.39, 0.29) is 11.3 Å². The maximum absolute atomic E-state index is 11.5. The van der Waals surface area contributed by atoms with E-state index in [1.54, 1.807) is 7.11 Å². The van der Waals surface area contributed by atoms with Gasteiger partial charge in [0.2, 0.25) is 0 Å². The summed E-state index contributed by atoms with van der Waals surface area (Å²) in [6.45, 7) is 3.60. The van der Waals surface area contributed by atoms with E-state index >= 15 is 0 Å². The average molecular weight is 285 g/mol. The lowest BCUT2D eigenvalue weighted by Crippen LogP contribution is -2.45. The Morgan fingerprint density at radius 2 is 2.32 bits per heavy atom. The Morgan fingerprint density at radius 1 is 1.58 bits per heavy atom. The number of carbonyl (C=O) groups excluding carboxylic acids is 1. The van der Waals surface area contributed by atoms with Gasteiger partial charge in [0.1, 0.15) is 0 Å². The summed E-state index contributed by atoms with van der Waals surface area (Å²) in [4.78, 5) is 13.4. The molecule has 2 heterocycles. The van der Waals surface area contributed by atoms with Crippen LogP contribution in [0, 0.1) is 5.92 Å². The first kappa shape index (κ1) is 14.0. The molecular weight excluding hydrogens is 268 g/mol. The minimum Gasteiger partial charge on any atom is -0.379 e. The van der Waals surface area contributed by atoms with Crippen molar-refractivity contribution in [3.05, 3.63) is 16.8 Å². The second-order valence-electron chi connectivity index (χ2n) is 4.75. The summed E-state index contributed by atoms with van der Waals surface area (Å²) in [6, 6.07) is 1.45. The SMILES string of the molecule is COC1CN(c2nnc(Cl)cc2C(N)=O)CCC1C. The van der Waals surface area contributed by atoms with Crippen molar-refractivity contribution in [1.82, 2.24) is 10.2 Å². The van der Waals surface area contributed by atoms with Gasteiger partial charge < -0.3 is 15.4 Å². The van der Waals surface area contributed by atoms with E-state index in [0.29, 0.717) is 23.8 Å². The third-order valence-electron chi connectivity index (χ3n) is 3.50. The Hall–Kier alpha value is -1.40. The van der Waals surface area contributed by atoms with E-state index in [1.807, 2.05) is 4.90 Å². The normalized spacial score (nSPS) is 23.4. The number of amides is 1. The fraction of sp³-hybridized carbons (Fsp3) is 0.583. The second-order valence-corrected chi connectivity index (χ2v) is 5.14. The van der Waals surface area contributed by atoms with Crippen LogP contribution in [0.1, 0.15) is 23.7 Å². The molecule has 1 aromatic heterocycles. The van der Waals surface area contributed by atoms with E-state index in [9.17, 15) is 4.79 Å². The van der Waals surface area contributed by atoms with Crippen LogP contribution >= 0.6 is 11.6 Å². The molecule has 1 saturated heterocycles. The van der Waals surface area contributed by atoms with Crippen LogP contribution < -0.4 is 10.6 Å². The van der Waals surface area contributed by atoms with Crippen molar-refractivity contribution in [3.8, 4) is 0 Å². The van der Waals surface area contributed by atoms with Gasteiger partial charge >= 0.3 is 0 Å². The molecular formula is C12H17ClN4O2. The van der Waals surface area contributed by atoms with Gasteiger partial charge in [-0.15, -0.1) is 10.2 Å². The highest BCUT2D eigenvalue weighted by atomic mass is 35.5. The fourth-order valence-corrected chi connectivity index (χ4v) is 2.46. The zero-order valence-electron chi connectivity index (χ0n) is 11.0. The standard InChI is InChI=1S/C12H17ClN4O2/c1-7-3-4-17(6-9(7)19-2)12-8(11(14)18)5-10(13)15-16-12/h5,7,9H,3-4,6H2,1-2H3,(H2,14,18). The molecule has 2 unspecified atom stereocenters. The molecule has 19 heavy (non-hydrogen) atoms. The number of anilines is 1. The molecule has 2 rings (SSSR count). The van der Waals surface area contributed by atoms with E-state index in [2.05, 4.69) is 17.1 Å². The van der Waals surface area contributed by atoms with E-state index in [1.165, 1.54) is 6.07 Å². The van der Waals surface area contributed by atoms with Gasteiger partial charge in [-0.25, -0.2) is 0 Å². The number of aromatic nitrogens is 2. The number of ether oxygens (including phenoxy) is 1. The number of rotatable bonds is 3. The molecule has 0 bridgehead atoms. The summed E-state index contributed by atoms with van der Waals surface area (Å²) in [5.74, 6) is 0.392. The van der Waals surface area contributed by atoms with Gasteiger partial charge in [-0.3, -0.25) is 4.79 Å². The number of carbonyl (C=O) groups is 1. The fourth-order valence-electron chi connectivity index (χ4n) is 2.31. The predicted molar refractivity (Wildman–Crippen MR) is 72.4 cm³/mol. The monoisotopic (exact) mass is 284 g/mol. The minimum absolute atomic E-state index is 0.104. The Morgan fingerprint density at radius 3 is 2.95 bits per heavy atom. The van der Waals surface area contributed by atoms with E-state index < -0.39 is 5.91 Å². The smallest absolute Gasteiger partial charge is 0.252 e. The Balaban J connectivity index is 2.29. The highest BCUT2D eigenvalue weighted by Gasteiger charge is 2.29. The van der Waals surface area contributed by atoms with Crippen molar-refractivity contribution in [2.24, 2.45) is 11.7 Å². The Kier molecular flexibility index (Phi) is 4.21. The van der Waals surface area contributed by atoms with Crippen LogP contribution in [0.15, 0.2) is 6.07 Å². The molecule has 104 valence electrons. The number of primary amides is 1. The van der Waals surface area contributed by atoms with Crippen molar-refractivity contribution < 1.29 is 9.53 Å². The van der Waals surface area contributed by atoms with Crippen LogP contribution in [-0.4, -0.2) is 42.4 Å². The zero-order valence-corrected chi connectivity index (χ0v) is 11.7. The summed E-state index contributed by atoms with van der Waals surface area (Å²) >= 11 is 5.75. The Bertz CT molecular complexity index is 483. The number of nitrogens with two attached hydrogens (primary N) is 1. The van der Waals surface area contributed by atoms with Gasteiger partial charge in [0, 0.05) is 20.2 Å².